The summed E-state index contributed by atoms with van der Waals surface area (Å²) in [6, 6.07) is 9.72. The van der Waals surface area contributed by atoms with Gasteiger partial charge in [-0.25, -0.2) is 0 Å². The van der Waals surface area contributed by atoms with Crippen LogP contribution in [0.3, 0.4) is 0 Å². The van der Waals surface area contributed by atoms with Gasteiger partial charge in [0.25, 0.3) is 5.91 Å². The second-order valence-electron chi connectivity index (χ2n) is 5.45. The van der Waals surface area contributed by atoms with Crippen LogP contribution in [-0.2, 0) is 4.79 Å². The highest BCUT2D eigenvalue weighted by molar-refractivity contribution is 6.10. The number of hydrogen-bond donors (Lipinski definition) is 0. The van der Waals surface area contributed by atoms with Crippen LogP contribution in [0.15, 0.2) is 35.4 Å². The van der Waals surface area contributed by atoms with E-state index >= 15 is 0 Å². The highest BCUT2D eigenvalue weighted by Crippen LogP contribution is 2.40. The molecule has 1 aromatic rings. The fraction of sp³-hybridized carbons (Fsp3) is 0.412. The lowest BCUT2D eigenvalue weighted by Crippen LogP contribution is -2.36. The predicted molar refractivity (Wildman–Crippen MR) is 78.2 cm³/mol. The summed E-state index contributed by atoms with van der Waals surface area (Å²) in [6.07, 6.45) is 5.32. The maximum absolute atomic E-state index is 12.7. The zero-order valence-corrected chi connectivity index (χ0v) is 11.7. The molecule has 0 bridgehead atoms. The molecule has 1 amide bonds. The number of nitrogens with zero attached hydrogens (tertiary/aromatic N) is 2. The van der Waals surface area contributed by atoms with Crippen LogP contribution in [0.25, 0.3) is 0 Å². The van der Waals surface area contributed by atoms with Gasteiger partial charge in [-0.3, -0.25) is 4.79 Å². The summed E-state index contributed by atoms with van der Waals surface area (Å²) in [6.45, 7) is 2.06. The van der Waals surface area contributed by atoms with E-state index in [9.17, 15) is 4.79 Å². The molecule has 102 valence electrons. The monoisotopic (exact) mass is 266 g/mol. The van der Waals surface area contributed by atoms with Gasteiger partial charge < -0.3 is 4.90 Å². The maximum Gasteiger partial charge on any atom is 0.254 e. The average Bonchev–Trinajstić information content (AvgIpc) is 2.79. The molecule has 1 fully saturated rings. The highest BCUT2D eigenvalue weighted by atomic mass is 16.2. The molecule has 3 heteroatoms. The molecule has 0 spiro atoms. The summed E-state index contributed by atoms with van der Waals surface area (Å²) >= 11 is 0. The Morgan fingerprint density at radius 1 is 1.30 bits per heavy atom. The fourth-order valence-electron chi connectivity index (χ4n) is 3.43. The number of carbonyl (C=O) groups is 1. The number of fused-ring (bicyclic) bond motifs is 1. The first-order valence-corrected chi connectivity index (χ1v) is 7.32. The summed E-state index contributed by atoms with van der Waals surface area (Å²) in [5.74, 6) is 0.166. The van der Waals surface area contributed by atoms with Crippen molar-refractivity contribution in [2.75, 3.05) is 4.90 Å². The van der Waals surface area contributed by atoms with Crippen LogP contribution < -0.4 is 4.90 Å². The Hall–Kier alpha value is -2.08. The fourth-order valence-corrected chi connectivity index (χ4v) is 3.43. The van der Waals surface area contributed by atoms with E-state index in [0.717, 1.165) is 30.5 Å². The molecule has 3 rings (SSSR count). The van der Waals surface area contributed by atoms with Crippen molar-refractivity contribution in [3.05, 3.63) is 41.0 Å². The zero-order chi connectivity index (χ0) is 14.1. The van der Waals surface area contributed by atoms with Crippen molar-refractivity contribution >= 4 is 11.6 Å². The van der Waals surface area contributed by atoms with Gasteiger partial charge in [-0.1, -0.05) is 13.3 Å². The second kappa shape index (κ2) is 5.13. The molecule has 3 nitrogen and oxygen atoms in total. The molecule has 20 heavy (non-hydrogen) atoms. The molecule has 1 unspecified atom stereocenters. The number of rotatable bonds is 2. The van der Waals surface area contributed by atoms with Gasteiger partial charge in [0.1, 0.15) is 0 Å². The summed E-state index contributed by atoms with van der Waals surface area (Å²) in [7, 11) is 0. The standard InChI is InChI=1S/C17H18N2O/c1-2-14-15-5-3-4-6-16(15)19(17(14)20)13-9-7-12(11-18)8-10-13/h7-10,16H,2-6H2,1H3. The van der Waals surface area contributed by atoms with Gasteiger partial charge >= 0.3 is 0 Å². The molecule has 1 saturated carbocycles. The van der Waals surface area contributed by atoms with Crippen molar-refractivity contribution in [2.45, 2.75) is 45.1 Å². The van der Waals surface area contributed by atoms with Crippen molar-refractivity contribution in [3.63, 3.8) is 0 Å². The van der Waals surface area contributed by atoms with Crippen LogP contribution >= 0.6 is 0 Å². The average molecular weight is 266 g/mol. The molecular weight excluding hydrogens is 248 g/mol. The number of anilines is 1. The predicted octanol–water partition coefficient (Wildman–Crippen LogP) is 3.55. The van der Waals surface area contributed by atoms with Crippen LogP contribution in [0, 0.1) is 11.3 Å². The molecule has 0 N–H and O–H groups in total. The SMILES string of the molecule is CCC1=C2CCCCC2N(c2ccc(C#N)cc2)C1=O. The Balaban J connectivity index is 1.98. The third-order valence-corrected chi connectivity index (χ3v) is 4.38. The number of amides is 1. The molecule has 1 aliphatic carbocycles. The van der Waals surface area contributed by atoms with Gasteiger partial charge in [-0.2, -0.15) is 5.26 Å². The van der Waals surface area contributed by atoms with Crippen molar-refractivity contribution in [1.82, 2.24) is 0 Å². The van der Waals surface area contributed by atoms with E-state index in [1.54, 1.807) is 12.1 Å². The van der Waals surface area contributed by atoms with E-state index in [4.69, 9.17) is 5.26 Å². The van der Waals surface area contributed by atoms with Crippen LogP contribution in [-0.4, -0.2) is 11.9 Å². The Morgan fingerprint density at radius 2 is 2.05 bits per heavy atom. The lowest BCUT2D eigenvalue weighted by atomic mass is 9.88. The minimum atomic E-state index is 0.166. The summed E-state index contributed by atoms with van der Waals surface area (Å²) in [4.78, 5) is 14.6. The Labute approximate surface area is 119 Å². The molecule has 0 saturated heterocycles. The van der Waals surface area contributed by atoms with Gasteiger partial charge in [0.05, 0.1) is 17.7 Å². The van der Waals surface area contributed by atoms with E-state index in [1.165, 1.54) is 18.4 Å². The Kier molecular flexibility index (Phi) is 3.31. The number of benzene rings is 1. The van der Waals surface area contributed by atoms with E-state index < -0.39 is 0 Å². The van der Waals surface area contributed by atoms with Gasteiger partial charge in [0.2, 0.25) is 0 Å². The van der Waals surface area contributed by atoms with E-state index in [-0.39, 0.29) is 11.9 Å². The first-order chi connectivity index (χ1) is 9.76. The first-order valence-electron chi connectivity index (χ1n) is 7.32. The van der Waals surface area contributed by atoms with Crippen molar-refractivity contribution < 1.29 is 4.79 Å². The third-order valence-electron chi connectivity index (χ3n) is 4.38. The maximum atomic E-state index is 12.7. The second-order valence-corrected chi connectivity index (χ2v) is 5.45. The van der Waals surface area contributed by atoms with E-state index in [2.05, 4.69) is 13.0 Å². The Morgan fingerprint density at radius 3 is 2.70 bits per heavy atom. The molecular formula is C17H18N2O. The molecule has 0 radical (unpaired) electrons. The highest BCUT2D eigenvalue weighted by Gasteiger charge is 2.39. The number of carbonyl (C=O) groups excluding carboxylic acids is 1. The van der Waals surface area contributed by atoms with Crippen LogP contribution in [0.5, 0.6) is 0 Å². The lowest BCUT2D eigenvalue weighted by molar-refractivity contribution is -0.114. The van der Waals surface area contributed by atoms with Crippen molar-refractivity contribution in [2.24, 2.45) is 0 Å². The van der Waals surface area contributed by atoms with Crippen LogP contribution in [0.1, 0.15) is 44.6 Å². The minimum Gasteiger partial charge on any atom is -0.301 e. The largest absolute Gasteiger partial charge is 0.301 e. The Bertz CT molecular complexity index is 607. The lowest BCUT2D eigenvalue weighted by Gasteiger charge is -2.30. The third kappa shape index (κ3) is 1.92. The summed E-state index contributed by atoms with van der Waals surface area (Å²) in [5, 5.41) is 8.87. The van der Waals surface area contributed by atoms with Gasteiger partial charge in [-0.15, -0.1) is 0 Å². The molecule has 1 atom stereocenters. The quantitative estimate of drug-likeness (QED) is 0.821. The van der Waals surface area contributed by atoms with E-state index in [0.29, 0.717) is 5.56 Å². The smallest absolute Gasteiger partial charge is 0.254 e. The molecule has 1 aliphatic heterocycles. The van der Waals surface area contributed by atoms with Crippen LogP contribution in [0.2, 0.25) is 0 Å². The zero-order valence-electron chi connectivity index (χ0n) is 11.7. The van der Waals surface area contributed by atoms with Gasteiger partial charge in [0.15, 0.2) is 0 Å². The van der Waals surface area contributed by atoms with Gasteiger partial charge in [-0.05, 0) is 55.5 Å². The van der Waals surface area contributed by atoms with Crippen molar-refractivity contribution in [3.8, 4) is 6.07 Å². The first kappa shape index (κ1) is 12.9. The topological polar surface area (TPSA) is 44.1 Å². The summed E-state index contributed by atoms with van der Waals surface area (Å²) in [5.41, 5.74) is 3.92. The van der Waals surface area contributed by atoms with Gasteiger partial charge in [0, 0.05) is 11.3 Å². The van der Waals surface area contributed by atoms with Crippen molar-refractivity contribution in [1.29, 1.82) is 5.26 Å². The molecule has 1 aromatic carbocycles. The molecule has 2 aliphatic rings. The molecule has 1 heterocycles. The minimum absolute atomic E-state index is 0.166. The normalized spacial score (nSPS) is 21.9. The van der Waals surface area contributed by atoms with Crippen LogP contribution in [0.4, 0.5) is 5.69 Å². The number of nitriles is 1. The summed E-state index contributed by atoms with van der Waals surface area (Å²) < 4.78 is 0. The van der Waals surface area contributed by atoms with E-state index in [1.807, 2.05) is 17.0 Å². The number of hydrogen-bond acceptors (Lipinski definition) is 2. The molecule has 0 aromatic heterocycles.